The summed E-state index contributed by atoms with van der Waals surface area (Å²) in [7, 11) is 0. The van der Waals surface area contributed by atoms with Gasteiger partial charge >= 0.3 is 0 Å². The fourth-order valence-corrected chi connectivity index (χ4v) is 2.63. The molecule has 0 amide bonds. The fraction of sp³-hybridized carbons (Fsp3) is 0.167. The Hall–Kier alpha value is -2.26. The van der Waals surface area contributed by atoms with E-state index in [0.29, 0.717) is 18.2 Å². The van der Waals surface area contributed by atoms with Gasteiger partial charge in [-0.15, -0.1) is 0 Å². The number of benzene rings is 2. The quantitative estimate of drug-likeness (QED) is 0.646. The van der Waals surface area contributed by atoms with Crippen molar-refractivity contribution in [2.45, 2.75) is 13.5 Å². The molecular formula is C18H16ClNO2. The molecule has 3 aromatic rings. The Labute approximate surface area is 134 Å². The zero-order valence-electron chi connectivity index (χ0n) is 12.3. The van der Waals surface area contributed by atoms with Gasteiger partial charge < -0.3 is 9.30 Å². The summed E-state index contributed by atoms with van der Waals surface area (Å²) < 4.78 is 7.78. The highest BCUT2D eigenvalue weighted by atomic mass is 35.5. The van der Waals surface area contributed by atoms with E-state index >= 15 is 0 Å². The Morgan fingerprint density at radius 3 is 2.59 bits per heavy atom. The van der Waals surface area contributed by atoms with E-state index in [9.17, 15) is 4.79 Å². The van der Waals surface area contributed by atoms with Crippen molar-refractivity contribution in [2.75, 3.05) is 6.61 Å². The molecule has 3 nitrogen and oxygen atoms in total. The number of carbonyl (C=O) groups is 1. The first kappa shape index (κ1) is 14.7. The van der Waals surface area contributed by atoms with Gasteiger partial charge in [-0.05, 0) is 37.3 Å². The number of Topliss-reactive ketones (excluding diaryl/α,β-unsaturated/α-hetero) is 1. The Balaban J connectivity index is 1.76. The number of aromatic nitrogens is 1. The van der Waals surface area contributed by atoms with Gasteiger partial charge in [0.1, 0.15) is 12.4 Å². The largest absolute Gasteiger partial charge is 0.492 e. The molecule has 0 atom stereocenters. The maximum atomic E-state index is 11.7. The Morgan fingerprint density at radius 2 is 1.86 bits per heavy atom. The van der Waals surface area contributed by atoms with Crippen LogP contribution in [0.5, 0.6) is 5.75 Å². The van der Waals surface area contributed by atoms with Gasteiger partial charge in [-0.25, -0.2) is 0 Å². The number of carbonyl (C=O) groups excluding carboxylic acids is 1. The summed E-state index contributed by atoms with van der Waals surface area (Å²) >= 11 is 5.85. The summed E-state index contributed by atoms with van der Waals surface area (Å²) in [4.78, 5) is 11.7. The highest BCUT2D eigenvalue weighted by molar-refractivity contribution is 6.30. The fourth-order valence-electron chi connectivity index (χ4n) is 2.50. The average Bonchev–Trinajstić information content (AvgIpc) is 2.89. The number of rotatable bonds is 5. The van der Waals surface area contributed by atoms with E-state index in [0.717, 1.165) is 22.2 Å². The molecule has 0 aliphatic heterocycles. The lowest BCUT2D eigenvalue weighted by molar-refractivity contribution is 0.101. The van der Waals surface area contributed by atoms with E-state index in [2.05, 4.69) is 4.57 Å². The number of nitrogens with zero attached hydrogens (tertiary/aromatic N) is 1. The summed E-state index contributed by atoms with van der Waals surface area (Å²) in [6, 6.07) is 15.2. The van der Waals surface area contributed by atoms with Gasteiger partial charge in [-0.2, -0.15) is 0 Å². The van der Waals surface area contributed by atoms with E-state index < -0.39 is 0 Å². The van der Waals surface area contributed by atoms with Crippen molar-refractivity contribution in [3.8, 4) is 5.75 Å². The highest BCUT2D eigenvalue weighted by Crippen LogP contribution is 2.22. The normalized spacial score (nSPS) is 10.8. The third kappa shape index (κ3) is 3.00. The van der Waals surface area contributed by atoms with Crippen molar-refractivity contribution in [3.63, 3.8) is 0 Å². The smallest absolute Gasteiger partial charge is 0.161 e. The van der Waals surface area contributed by atoms with E-state index in [1.165, 1.54) is 0 Å². The van der Waals surface area contributed by atoms with Crippen molar-refractivity contribution in [1.82, 2.24) is 4.57 Å². The zero-order chi connectivity index (χ0) is 15.5. The first-order valence-corrected chi connectivity index (χ1v) is 7.50. The number of halogens is 1. The Morgan fingerprint density at radius 1 is 1.14 bits per heavy atom. The predicted octanol–water partition coefficient (Wildman–Crippen LogP) is 4.58. The summed E-state index contributed by atoms with van der Waals surface area (Å²) in [6.07, 6.45) is 1.90. The molecule has 0 unspecified atom stereocenters. The number of hydrogen-bond donors (Lipinski definition) is 0. The van der Waals surface area contributed by atoms with E-state index in [4.69, 9.17) is 16.3 Å². The minimum Gasteiger partial charge on any atom is -0.492 e. The third-order valence-electron chi connectivity index (χ3n) is 3.58. The van der Waals surface area contributed by atoms with Gasteiger partial charge in [-0.1, -0.05) is 29.8 Å². The molecule has 4 heteroatoms. The average molecular weight is 314 g/mol. The Bertz CT molecular complexity index is 806. The molecule has 0 spiro atoms. The van der Waals surface area contributed by atoms with E-state index in [1.54, 1.807) is 19.1 Å². The van der Waals surface area contributed by atoms with Gasteiger partial charge in [0.05, 0.1) is 6.54 Å². The molecule has 0 aliphatic rings. The summed E-state index contributed by atoms with van der Waals surface area (Å²) in [5.41, 5.74) is 1.80. The molecule has 0 bridgehead atoms. The van der Waals surface area contributed by atoms with Crippen molar-refractivity contribution in [2.24, 2.45) is 0 Å². The van der Waals surface area contributed by atoms with Crippen LogP contribution in [0.2, 0.25) is 5.02 Å². The van der Waals surface area contributed by atoms with Gasteiger partial charge in [0, 0.05) is 27.7 Å². The van der Waals surface area contributed by atoms with Crippen molar-refractivity contribution in [3.05, 3.63) is 65.3 Å². The minimum atomic E-state index is 0.0774. The van der Waals surface area contributed by atoms with Crippen LogP contribution in [0, 0.1) is 0 Å². The zero-order valence-corrected chi connectivity index (χ0v) is 13.0. The molecule has 1 aromatic heterocycles. The molecule has 0 saturated carbocycles. The molecule has 0 radical (unpaired) electrons. The maximum absolute atomic E-state index is 11.7. The van der Waals surface area contributed by atoms with Crippen LogP contribution in [0.4, 0.5) is 0 Å². The van der Waals surface area contributed by atoms with Crippen LogP contribution in [0.3, 0.4) is 0 Å². The molecule has 2 aromatic carbocycles. The summed E-state index contributed by atoms with van der Waals surface area (Å²) in [5.74, 6) is 0.862. The van der Waals surface area contributed by atoms with Crippen LogP contribution in [0.15, 0.2) is 54.7 Å². The maximum Gasteiger partial charge on any atom is 0.161 e. The minimum absolute atomic E-state index is 0.0774. The Kier molecular flexibility index (Phi) is 4.16. The first-order chi connectivity index (χ1) is 10.6. The van der Waals surface area contributed by atoms with Crippen LogP contribution in [-0.4, -0.2) is 17.0 Å². The lowest BCUT2D eigenvalue weighted by Gasteiger charge is -2.08. The molecule has 22 heavy (non-hydrogen) atoms. The molecule has 0 N–H and O–H groups in total. The van der Waals surface area contributed by atoms with Gasteiger partial charge in [0.25, 0.3) is 0 Å². The number of hydrogen-bond acceptors (Lipinski definition) is 2. The van der Waals surface area contributed by atoms with Gasteiger partial charge in [0.15, 0.2) is 5.78 Å². The second kappa shape index (κ2) is 6.24. The second-order valence-corrected chi connectivity index (χ2v) is 5.55. The van der Waals surface area contributed by atoms with Crippen molar-refractivity contribution >= 4 is 28.3 Å². The second-order valence-electron chi connectivity index (χ2n) is 5.11. The SMILES string of the molecule is CC(=O)c1cn(CCOc2ccc(Cl)cc2)c2ccccc12. The third-order valence-corrected chi connectivity index (χ3v) is 3.83. The van der Waals surface area contributed by atoms with Crippen LogP contribution in [0.25, 0.3) is 10.9 Å². The molecule has 1 heterocycles. The number of fused-ring (bicyclic) bond motifs is 1. The first-order valence-electron chi connectivity index (χ1n) is 7.12. The van der Waals surface area contributed by atoms with Crippen molar-refractivity contribution < 1.29 is 9.53 Å². The van der Waals surface area contributed by atoms with Crippen LogP contribution in [0.1, 0.15) is 17.3 Å². The molecule has 3 rings (SSSR count). The standard InChI is InChI=1S/C18H16ClNO2/c1-13(21)17-12-20(18-5-3-2-4-16(17)18)10-11-22-15-8-6-14(19)7-9-15/h2-9,12H,10-11H2,1H3. The van der Waals surface area contributed by atoms with Gasteiger partial charge in [-0.3, -0.25) is 4.79 Å². The lowest BCUT2D eigenvalue weighted by atomic mass is 10.1. The highest BCUT2D eigenvalue weighted by Gasteiger charge is 2.11. The monoisotopic (exact) mass is 313 g/mol. The summed E-state index contributed by atoms with van der Waals surface area (Å²) in [5, 5.41) is 1.68. The lowest BCUT2D eigenvalue weighted by Crippen LogP contribution is -2.07. The molecular weight excluding hydrogens is 298 g/mol. The molecule has 112 valence electrons. The predicted molar refractivity (Wildman–Crippen MR) is 88.9 cm³/mol. The van der Waals surface area contributed by atoms with Crippen molar-refractivity contribution in [1.29, 1.82) is 0 Å². The number of para-hydroxylation sites is 1. The van der Waals surface area contributed by atoms with Crippen LogP contribution in [-0.2, 0) is 6.54 Å². The van der Waals surface area contributed by atoms with Gasteiger partial charge in [0.2, 0.25) is 0 Å². The summed E-state index contributed by atoms with van der Waals surface area (Å²) in [6.45, 7) is 2.80. The molecule has 0 fully saturated rings. The number of ether oxygens (including phenoxy) is 1. The molecule has 0 saturated heterocycles. The van der Waals surface area contributed by atoms with E-state index in [-0.39, 0.29) is 5.78 Å². The topological polar surface area (TPSA) is 31.2 Å². The van der Waals surface area contributed by atoms with Crippen LogP contribution >= 0.6 is 11.6 Å². The van der Waals surface area contributed by atoms with Crippen LogP contribution < -0.4 is 4.74 Å². The van der Waals surface area contributed by atoms with E-state index in [1.807, 2.05) is 42.6 Å². The molecule has 0 aliphatic carbocycles. The number of ketones is 1.